The van der Waals surface area contributed by atoms with Gasteiger partial charge in [-0.05, 0) is 13.8 Å². The van der Waals surface area contributed by atoms with E-state index in [1.807, 2.05) is 13.8 Å². The fourth-order valence-electron chi connectivity index (χ4n) is 0.949. The first kappa shape index (κ1) is 9.19. The molecule has 0 saturated heterocycles. The first-order valence-corrected chi connectivity index (χ1v) is 4.03. The summed E-state index contributed by atoms with van der Waals surface area (Å²) in [7, 11) is 1.54. The van der Waals surface area contributed by atoms with Crippen LogP contribution in [-0.2, 0) is 0 Å². The van der Waals surface area contributed by atoms with Crippen LogP contribution in [0.3, 0.4) is 0 Å². The Labute approximate surface area is 76.3 Å². The van der Waals surface area contributed by atoms with Crippen molar-refractivity contribution in [1.29, 1.82) is 0 Å². The van der Waals surface area contributed by atoms with Crippen molar-refractivity contribution in [2.24, 2.45) is 0 Å². The number of hydrogen-bond donors (Lipinski definition) is 1. The number of aromatic nitrogens is 2. The molecule has 0 atom stereocenters. The molecule has 0 radical (unpaired) electrons. The monoisotopic (exact) mass is 189 g/mol. The van der Waals surface area contributed by atoms with Crippen molar-refractivity contribution in [3.8, 4) is 5.88 Å². The van der Waals surface area contributed by atoms with Crippen LogP contribution in [0.1, 0.15) is 19.9 Å². The van der Waals surface area contributed by atoms with Crippen LogP contribution in [0.15, 0.2) is 0 Å². The summed E-state index contributed by atoms with van der Waals surface area (Å²) in [6.07, 6.45) is 0. The number of halogens is 1. The summed E-state index contributed by atoms with van der Waals surface area (Å²) in [6, 6.07) is 0.190. The first-order chi connectivity index (χ1) is 5.57. The zero-order chi connectivity index (χ0) is 9.30. The van der Waals surface area contributed by atoms with Crippen LogP contribution in [0.2, 0.25) is 5.02 Å². The Bertz CT molecular complexity index is 282. The van der Waals surface area contributed by atoms with Crippen LogP contribution in [0.5, 0.6) is 5.88 Å². The second-order valence-corrected chi connectivity index (χ2v) is 3.12. The molecule has 0 aliphatic heterocycles. The number of hydrogen-bond acceptors (Lipinski definition) is 3. The molecule has 0 bridgehead atoms. The highest BCUT2D eigenvalue weighted by Gasteiger charge is 2.15. The lowest BCUT2D eigenvalue weighted by molar-refractivity contribution is 0.346. The van der Waals surface area contributed by atoms with Gasteiger partial charge in [-0.25, -0.2) is 4.68 Å². The van der Waals surface area contributed by atoms with Crippen LogP contribution in [0.4, 0.5) is 5.82 Å². The summed E-state index contributed by atoms with van der Waals surface area (Å²) in [4.78, 5) is 0. The molecule has 1 aromatic rings. The van der Waals surface area contributed by atoms with Gasteiger partial charge in [-0.2, -0.15) is 5.10 Å². The van der Waals surface area contributed by atoms with Crippen molar-refractivity contribution in [2.45, 2.75) is 19.9 Å². The summed E-state index contributed by atoms with van der Waals surface area (Å²) < 4.78 is 6.70. The van der Waals surface area contributed by atoms with Crippen molar-refractivity contribution in [2.75, 3.05) is 12.8 Å². The van der Waals surface area contributed by atoms with E-state index in [0.29, 0.717) is 16.7 Å². The lowest BCUT2D eigenvalue weighted by Gasteiger charge is -2.08. The Balaban J connectivity index is 3.20. The number of ether oxygens (including phenoxy) is 1. The van der Waals surface area contributed by atoms with E-state index in [4.69, 9.17) is 22.1 Å². The van der Waals surface area contributed by atoms with Crippen molar-refractivity contribution in [3.63, 3.8) is 0 Å². The standard InChI is InChI=1S/C7H12ClN3O/c1-4(2)11-7(12-3)5(8)6(9)10-11/h4H,1-3H3,(H2,9,10). The summed E-state index contributed by atoms with van der Waals surface area (Å²) in [5.41, 5.74) is 5.51. The third kappa shape index (κ3) is 1.34. The molecule has 5 heteroatoms. The van der Waals surface area contributed by atoms with E-state index < -0.39 is 0 Å². The molecule has 0 aromatic carbocycles. The third-order valence-electron chi connectivity index (χ3n) is 1.52. The van der Waals surface area contributed by atoms with E-state index >= 15 is 0 Å². The molecule has 1 aromatic heterocycles. The molecule has 0 saturated carbocycles. The molecule has 0 aliphatic carbocycles. The van der Waals surface area contributed by atoms with Gasteiger partial charge in [0.15, 0.2) is 5.82 Å². The number of nitrogens with two attached hydrogens (primary N) is 1. The molecule has 0 fully saturated rings. The van der Waals surface area contributed by atoms with Crippen LogP contribution in [0, 0.1) is 0 Å². The maximum Gasteiger partial charge on any atom is 0.233 e. The van der Waals surface area contributed by atoms with Crippen LogP contribution in [0.25, 0.3) is 0 Å². The summed E-state index contributed by atoms with van der Waals surface area (Å²) in [5.74, 6) is 0.825. The minimum absolute atomic E-state index is 0.190. The van der Waals surface area contributed by atoms with E-state index in [0.717, 1.165) is 0 Å². The molecule has 2 N–H and O–H groups in total. The van der Waals surface area contributed by atoms with Gasteiger partial charge in [0.1, 0.15) is 5.02 Å². The predicted octanol–water partition coefficient (Wildman–Crippen LogP) is 1.71. The zero-order valence-electron chi connectivity index (χ0n) is 7.34. The molecule has 12 heavy (non-hydrogen) atoms. The van der Waals surface area contributed by atoms with Gasteiger partial charge in [-0.3, -0.25) is 0 Å². The highest BCUT2D eigenvalue weighted by molar-refractivity contribution is 6.34. The second kappa shape index (κ2) is 3.23. The molecule has 0 amide bonds. The fraction of sp³-hybridized carbons (Fsp3) is 0.571. The largest absolute Gasteiger partial charge is 0.480 e. The van der Waals surface area contributed by atoms with E-state index in [2.05, 4.69) is 5.10 Å². The number of rotatable bonds is 2. The minimum atomic E-state index is 0.190. The SMILES string of the molecule is COc1c(Cl)c(N)nn1C(C)C. The Kier molecular flexibility index (Phi) is 2.47. The maximum atomic E-state index is 5.82. The molecule has 0 unspecified atom stereocenters. The topological polar surface area (TPSA) is 53.1 Å². The van der Waals surface area contributed by atoms with Gasteiger partial charge < -0.3 is 10.5 Å². The zero-order valence-corrected chi connectivity index (χ0v) is 8.09. The fourth-order valence-corrected chi connectivity index (χ4v) is 1.15. The van der Waals surface area contributed by atoms with Crippen molar-refractivity contribution >= 4 is 17.4 Å². The van der Waals surface area contributed by atoms with Gasteiger partial charge >= 0.3 is 0 Å². The third-order valence-corrected chi connectivity index (χ3v) is 1.87. The molecule has 1 heterocycles. The van der Waals surface area contributed by atoms with E-state index in [-0.39, 0.29) is 6.04 Å². The molecule has 0 spiro atoms. The van der Waals surface area contributed by atoms with Crippen LogP contribution >= 0.6 is 11.6 Å². The number of nitrogen functional groups attached to an aromatic ring is 1. The Hall–Kier alpha value is -0.900. The van der Waals surface area contributed by atoms with Gasteiger partial charge in [0.05, 0.1) is 13.2 Å². The Morgan fingerprint density at radius 3 is 2.50 bits per heavy atom. The molecule has 4 nitrogen and oxygen atoms in total. The van der Waals surface area contributed by atoms with Gasteiger partial charge in [-0.1, -0.05) is 11.6 Å². The highest BCUT2D eigenvalue weighted by atomic mass is 35.5. The summed E-state index contributed by atoms with van der Waals surface area (Å²) in [5, 5.41) is 4.40. The number of nitrogens with zero attached hydrogens (tertiary/aromatic N) is 2. The van der Waals surface area contributed by atoms with E-state index in [1.54, 1.807) is 11.8 Å². The lowest BCUT2D eigenvalue weighted by atomic mass is 10.4. The van der Waals surface area contributed by atoms with Crippen molar-refractivity contribution < 1.29 is 4.74 Å². The number of methoxy groups -OCH3 is 1. The Morgan fingerprint density at radius 1 is 1.58 bits per heavy atom. The molecule has 0 aliphatic rings. The van der Waals surface area contributed by atoms with E-state index in [1.165, 1.54) is 0 Å². The highest BCUT2D eigenvalue weighted by Crippen LogP contribution is 2.31. The number of anilines is 1. The maximum absolute atomic E-state index is 5.82. The average Bonchev–Trinajstić information content (AvgIpc) is 2.29. The summed E-state index contributed by atoms with van der Waals surface area (Å²) in [6.45, 7) is 3.95. The van der Waals surface area contributed by atoms with Crippen molar-refractivity contribution in [3.05, 3.63) is 5.02 Å². The molecular formula is C7H12ClN3O. The van der Waals surface area contributed by atoms with Gasteiger partial charge in [0.25, 0.3) is 0 Å². The smallest absolute Gasteiger partial charge is 0.233 e. The quantitative estimate of drug-likeness (QED) is 0.771. The normalized spacial score (nSPS) is 10.8. The summed E-state index contributed by atoms with van der Waals surface area (Å²) >= 11 is 5.82. The second-order valence-electron chi connectivity index (χ2n) is 2.75. The average molecular weight is 190 g/mol. The lowest BCUT2D eigenvalue weighted by Crippen LogP contribution is -2.05. The van der Waals surface area contributed by atoms with Crippen LogP contribution < -0.4 is 10.5 Å². The molecular weight excluding hydrogens is 178 g/mol. The first-order valence-electron chi connectivity index (χ1n) is 3.65. The predicted molar refractivity (Wildman–Crippen MR) is 48.6 cm³/mol. The van der Waals surface area contributed by atoms with Gasteiger partial charge in [0, 0.05) is 0 Å². The van der Waals surface area contributed by atoms with Crippen LogP contribution in [-0.4, -0.2) is 16.9 Å². The van der Waals surface area contributed by atoms with Crippen molar-refractivity contribution in [1.82, 2.24) is 9.78 Å². The minimum Gasteiger partial charge on any atom is -0.480 e. The molecule has 1 rings (SSSR count). The van der Waals surface area contributed by atoms with E-state index in [9.17, 15) is 0 Å². The molecule has 68 valence electrons. The van der Waals surface area contributed by atoms with Gasteiger partial charge in [0.2, 0.25) is 5.88 Å². The Morgan fingerprint density at radius 2 is 2.17 bits per heavy atom. The van der Waals surface area contributed by atoms with Gasteiger partial charge in [-0.15, -0.1) is 0 Å².